The van der Waals surface area contributed by atoms with Crippen molar-refractivity contribution in [1.29, 1.82) is 0 Å². The first-order valence-corrected chi connectivity index (χ1v) is 16.3. The van der Waals surface area contributed by atoms with Gasteiger partial charge in [0.05, 0.1) is 86.2 Å². The molecule has 0 aromatic carbocycles. The second-order valence-corrected chi connectivity index (χ2v) is 10.3. The zero-order chi connectivity index (χ0) is 29.0. The van der Waals surface area contributed by atoms with Crippen molar-refractivity contribution >= 4 is 5.97 Å². The number of carbonyl (C=O) groups excluding carboxylic acids is 1. The number of methoxy groups -OCH3 is 1. The van der Waals surface area contributed by atoms with E-state index in [-0.39, 0.29) is 12.4 Å². The van der Waals surface area contributed by atoms with Gasteiger partial charge in [-0.25, -0.2) is 0 Å². The van der Waals surface area contributed by atoms with Crippen molar-refractivity contribution in [3.63, 3.8) is 0 Å². The zero-order valence-electron chi connectivity index (χ0n) is 26.3. The topological polar surface area (TPSA) is 81.7 Å². The Labute approximate surface area is 246 Å². The minimum absolute atomic E-state index is 0.262. The van der Waals surface area contributed by atoms with Gasteiger partial charge in [0.15, 0.2) is 0 Å². The van der Waals surface area contributed by atoms with Crippen LogP contribution in [0.4, 0.5) is 0 Å². The van der Waals surface area contributed by atoms with E-state index >= 15 is 0 Å². The fraction of sp³-hybridized carbons (Fsp3) is 0.969. The molecule has 0 spiro atoms. The minimum atomic E-state index is -0.270. The molecule has 0 fully saturated rings. The van der Waals surface area contributed by atoms with Gasteiger partial charge in [0.25, 0.3) is 0 Å². The third-order valence-electron chi connectivity index (χ3n) is 6.68. The van der Waals surface area contributed by atoms with E-state index in [0.717, 1.165) is 13.0 Å². The van der Waals surface area contributed by atoms with E-state index in [2.05, 4.69) is 11.7 Å². The molecule has 0 aromatic rings. The minimum Gasteiger partial charge on any atom is -0.469 e. The highest BCUT2D eigenvalue weighted by Crippen LogP contribution is 2.13. The molecule has 0 aliphatic rings. The van der Waals surface area contributed by atoms with Gasteiger partial charge in [-0.15, -0.1) is 0 Å². The maximum absolute atomic E-state index is 10.9. The lowest BCUT2D eigenvalue weighted by Crippen LogP contribution is -2.14. The van der Waals surface area contributed by atoms with Crippen molar-refractivity contribution in [3.05, 3.63) is 0 Å². The molecule has 0 aromatic heterocycles. The van der Waals surface area contributed by atoms with Gasteiger partial charge in [-0.2, -0.15) is 0 Å². The van der Waals surface area contributed by atoms with Crippen LogP contribution in [-0.2, 0) is 38.0 Å². The SMILES string of the molecule is CCCCCCCCCCCCCCCCCCOCCOCCOCCOCCOCCOCCC(=O)OC. The Balaban J connectivity index is 3.04. The Bertz CT molecular complexity index is 478. The van der Waals surface area contributed by atoms with Gasteiger partial charge in [0, 0.05) is 6.61 Å². The summed E-state index contributed by atoms with van der Waals surface area (Å²) >= 11 is 0. The monoisotopic (exact) mass is 576 g/mol. The Morgan fingerprint density at radius 1 is 0.375 bits per heavy atom. The Morgan fingerprint density at radius 2 is 0.650 bits per heavy atom. The molecule has 0 rings (SSSR count). The van der Waals surface area contributed by atoms with Crippen molar-refractivity contribution in [2.24, 2.45) is 0 Å². The highest BCUT2D eigenvalue weighted by molar-refractivity contribution is 5.69. The molecule has 0 saturated carbocycles. The average Bonchev–Trinajstić information content (AvgIpc) is 2.97. The summed E-state index contributed by atoms with van der Waals surface area (Å²) in [6.45, 7) is 8.87. The van der Waals surface area contributed by atoms with E-state index in [1.54, 1.807) is 0 Å². The van der Waals surface area contributed by atoms with E-state index in [9.17, 15) is 4.79 Å². The second kappa shape index (κ2) is 36.3. The molecule has 0 bridgehead atoms. The van der Waals surface area contributed by atoms with Crippen LogP contribution in [-0.4, -0.2) is 92.4 Å². The fourth-order valence-corrected chi connectivity index (χ4v) is 4.21. The summed E-state index contributed by atoms with van der Waals surface area (Å²) in [5, 5.41) is 0. The average molecular weight is 577 g/mol. The summed E-state index contributed by atoms with van der Waals surface area (Å²) in [5.74, 6) is -0.270. The molecule has 8 nitrogen and oxygen atoms in total. The van der Waals surface area contributed by atoms with E-state index in [4.69, 9.17) is 28.4 Å². The van der Waals surface area contributed by atoms with Gasteiger partial charge in [0.1, 0.15) is 0 Å². The summed E-state index contributed by atoms with van der Waals surface area (Å²) in [4.78, 5) is 10.9. The van der Waals surface area contributed by atoms with Crippen LogP contribution in [0.2, 0.25) is 0 Å². The van der Waals surface area contributed by atoms with Crippen LogP contribution < -0.4 is 0 Å². The molecule has 0 radical (unpaired) electrons. The van der Waals surface area contributed by atoms with Gasteiger partial charge >= 0.3 is 5.97 Å². The first-order chi connectivity index (χ1) is 19.8. The first kappa shape index (κ1) is 39.2. The Kier molecular flexibility index (Phi) is 35.6. The van der Waals surface area contributed by atoms with Crippen LogP contribution in [0.1, 0.15) is 116 Å². The highest BCUT2D eigenvalue weighted by atomic mass is 16.6. The predicted octanol–water partition coefficient (Wildman–Crippen LogP) is 6.91. The molecule has 8 heteroatoms. The summed E-state index contributed by atoms with van der Waals surface area (Å²) < 4.78 is 37.3. The quantitative estimate of drug-likeness (QED) is 0.0595. The molecule has 40 heavy (non-hydrogen) atoms. The molecule has 0 heterocycles. The third-order valence-corrected chi connectivity index (χ3v) is 6.68. The number of ether oxygens (including phenoxy) is 7. The number of hydrogen-bond donors (Lipinski definition) is 0. The molecule has 0 N–H and O–H groups in total. The number of carbonyl (C=O) groups is 1. The molecule has 0 amide bonds. The Morgan fingerprint density at radius 3 is 0.975 bits per heavy atom. The van der Waals surface area contributed by atoms with Crippen molar-refractivity contribution < 1.29 is 38.0 Å². The molecule has 0 unspecified atom stereocenters. The molecule has 0 atom stereocenters. The molecule has 0 aliphatic carbocycles. The fourth-order valence-electron chi connectivity index (χ4n) is 4.21. The van der Waals surface area contributed by atoms with Crippen molar-refractivity contribution in [1.82, 2.24) is 0 Å². The van der Waals surface area contributed by atoms with Crippen molar-refractivity contribution in [2.45, 2.75) is 116 Å². The molecular weight excluding hydrogens is 512 g/mol. The summed E-state index contributed by atoms with van der Waals surface area (Å²) in [5.41, 5.74) is 0. The second-order valence-electron chi connectivity index (χ2n) is 10.3. The Hall–Kier alpha value is -0.770. The number of rotatable bonds is 35. The van der Waals surface area contributed by atoms with Crippen LogP contribution in [0.3, 0.4) is 0 Å². The van der Waals surface area contributed by atoms with Gasteiger partial charge in [0.2, 0.25) is 0 Å². The van der Waals surface area contributed by atoms with Crippen molar-refractivity contribution in [3.8, 4) is 0 Å². The van der Waals surface area contributed by atoms with Crippen LogP contribution in [0.25, 0.3) is 0 Å². The van der Waals surface area contributed by atoms with Gasteiger partial charge < -0.3 is 33.2 Å². The van der Waals surface area contributed by atoms with Crippen LogP contribution in [0.5, 0.6) is 0 Å². The van der Waals surface area contributed by atoms with Crippen LogP contribution in [0, 0.1) is 0 Å². The third kappa shape index (κ3) is 35.3. The standard InChI is InChI=1S/C32H64O8/c1-3-4-5-6-7-8-9-10-11-12-13-14-15-16-17-18-20-35-22-24-37-26-28-39-30-31-40-29-27-38-25-23-36-21-19-32(33)34-2/h3-31H2,1-2H3. The normalized spacial score (nSPS) is 11.3. The van der Waals surface area contributed by atoms with Crippen LogP contribution >= 0.6 is 0 Å². The lowest BCUT2D eigenvalue weighted by atomic mass is 10.0. The maximum Gasteiger partial charge on any atom is 0.307 e. The van der Waals surface area contributed by atoms with E-state index in [1.165, 1.54) is 103 Å². The largest absolute Gasteiger partial charge is 0.469 e. The number of unbranched alkanes of at least 4 members (excludes halogenated alkanes) is 15. The predicted molar refractivity (Wildman–Crippen MR) is 161 cm³/mol. The molecule has 0 saturated heterocycles. The van der Waals surface area contributed by atoms with E-state index < -0.39 is 0 Å². The highest BCUT2D eigenvalue weighted by Gasteiger charge is 1.99. The first-order valence-electron chi connectivity index (χ1n) is 16.3. The molecule has 0 aliphatic heterocycles. The van der Waals surface area contributed by atoms with Gasteiger partial charge in [-0.3, -0.25) is 4.79 Å². The zero-order valence-corrected chi connectivity index (χ0v) is 26.3. The van der Waals surface area contributed by atoms with E-state index in [1.807, 2.05) is 0 Å². The summed E-state index contributed by atoms with van der Waals surface area (Å²) in [6, 6.07) is 0. The van der Waals surface area contributed by atoms with Crippen LogP contribution in [0.15, 0.2) is 0 Å². The van der Waals surface area contributed by atoms with Gasteiger partial charge in [-0.05, 0) is 6.42 Å². The summed E-state index contributed by atoms with van der Waals surface area (Å²) in [6.07, 6.45) is 22.5. The van der Waals surface area contributed by atoms with E-state index in [0.29, 0.717) is 72.7 Å². The molecule has 240 valence electrons. The number of esters is 1. The molecular formula is C32H64O8. The smallest absolute Gasteiger partial charge is 0.307 e. The number of hydrogen-bond acceptors (Lipinski definition) is 8. The van der Waals surface area contributed by atoms with Crippen molar-refractivity contribution in [2.75, 3.05) is 86.4 Å². The lowest BCUT2D eigenvalue weighted by Gasteiger charge is -2.08. The lowest BCUT2D eigenvalue weighted by molar-refractivity contribution is -0.141. The maximum atomic E-state index is 10.9. The van der Waals surface area contributed by atoms with Gasteiger partial charge in [-0.1, -0.05) is 103 Å². The summed E-state index contributed by atoms with van der Waals surface area (Å²) in [7, 11) is 1.36.